The van der Waals surface area contributed by atoms with E-state index in [1.54, 1.807) is 25.2 Å². The highest BCUT2D eigenvalue weighted by atomic mass is 19.1. The average molecular weight is 366 g/mol. The summed E-state index contributed by atoms with van der Waals surface area (Å²) in [4.78, 5) is 16.7. The van der Waals surface area contributed by atoms with Crippen molar-refractivity contribution in [3.63, 3.8) is 0 Å². The normalized spacial score (nSPS) is 10.4. The number of aromatic nitrogens is 1. The maximum atomic E-state index is 12.9. The highest BCUT2D eigenvalue weighted by Crippen LogP contribution is 2.26. The molecule has 8 heteroatoms. The van der Waals surface area contributed by atoms with Gasteiger partial charge in [0.1, 0.15) is 24.0 Å². The Morgan fingerprint density at radius 2 is 2.00 bits per heavy atom. The van der Waals surface area contributed by atoms with Gasteiger partial charge in [-0.3, -0.25) is 10.1 Å². The first kappa shape index (κ1) is 18.1. The lowest BCUT2D eigenvalue weighted by Crippen LogP contribution is -2.24. The van der Waals surface area contributed by atoms with E-state index in [4.69, 9.17) is 4.74 Å². The molecular weight excluding hydrogens is 351 g/mol. The summed E-state index contributed by atoms with van der Waals surface area (Å²) in [5.74, 6) is 0.779. The van der Waals surface area contributed by atoms with Gasteiger partial charge in [0.25, 0.3) is 5.69 Å². The van der Waals surface area contributed by atoms with Crippen molar-refractivity contribution in [1.82, 2.24) is 4.98 Å². The third kappa shape index (κ3) is 4.10. The Kier molecular flexibility index (Phi) is 5.13. The summed E-state index contributed by atoms with van der Waals surface area (Å²) in [7, 11) is 1.80. The van der Waals surface area contributed by atoms with Crippen LogP contribution in [-0.4, -0.2) is 30.1 Å². The quantitative estimate of drug-likeness (QED) is 0.488. The Labute approximate surface area is 154 Å². The first-order valence-electron chi connectivity index (χ1n) is 8.07. The van der Waals surface area contributed by atoms with Gasteiger partial charge in [-0.25, -0.2) is 9.37 Å². The van der Waals surface area contributed by atoms with Crippen LogP contribution >= 0.6 is 0 Å². The minimum Gasteiger partial charge on any atom is -0.492 e. The van der Waals surface area contributed by atoms with Gasteiger partial charge < -0.3 is 9.64 Å². The van der Waals surface area contributed by atoms with Crippen LogP contribution in [0.15, 0.2) is 48.5 Å². The molecule has 7 nitrogen and oxygen atoms in total. The number of hydrogen-bond donors (Lipinski definition) is 0. The first-order chi connectivity index (χ1) is 13.0. The summed E-state index contributed by atoms with van der Waals surface area (Å²) >= 11 is 0. The molecule has 0 saturated heterocycles. The van der Waals surface area contributed by atoms with Crippen molar-refractivity contribution >= 4 is 22.4 Å². The molecule has 0 aliphatic carbocycles. The van der Waals surface area contributed by atoms with Gasteiger partial charge in [0, 0.05) is 24.6 Å². The zero-order valence-electron chi connectivity index (χ0n) is 14.4. The van der Waals surface area contributed by atoms with E-state index in [0.29, 0.717) is 41.2 Å². The number of nitro benzene ring substituents is 1. The van der Waals surface area contributed by atoms with E-state index < -0.39 is 4.92 Å². The second-order valence-corrected chi connectivity index (χ2v) is 5.82. The molecule has 1 heterocycles. The molecule has 0 unspecified atom stereocenters. The number of benzene rings is 2. The van der Waals surface area contributed by atoms with Gasteiger partial charge >= 0.3 is 0 Å². The minimum absolute atomic E-state index is 0.0883. The molecule has 0 bridgehead atoms. The van der Waals surface area contributed by atoms with E-state index in [1.807, 2.05) is 4.90 Å². The molecule has 0 spiro atoms. The second kappa shape index (κ2) is 7.66. The number of ether oxygens (including phenoxy) is 1. The van der Waals surface area contributed by atoms with Crippen molar-refractivity contribution < 1.29 is 14.1 Å². The number of nitriles is 1. The lowest BCUT2D eigenvalue weighted by molar-refractivity contribution is -0.384. The van der Waals surface area contributed by atoms with Gasteiger partial charge in [0.15, 0.2) is 0 Å². The fourth-order valence-corrected chi connectivity index (χ4v) is 2.55. The smallest absolute Gasteiger partial charge is 0.270 e. The molecule has 1 aromatic heterocycles. The van der Waals surface area contributed by atoms with Gasteiger partial charge in [-0.1, -0.05) is 0 Å². The highest BCUT2D eigenvalue weighted by Gasteiger charge is 2.13. The molecule has 0 aliphatic rings. The molecule has 3 aromatic rings. The molecule has 27 heavy (non-hydrogen) atoms. The van der Waals surface area contributed by atoms with Gasteiger partial charge in [0.2, 0.25) is 0 Å². The number of pyridine rings is 1. The minimum atomic E-state index is -0.507. The average Bonchev–Trinajstić information content (AvgIpc) is 2.68. The number of anilines is 1. The van der Waals surface area contributed by atoms with Crippen LogP contribution < -0.4 is 9.64 Å². The first-order valence-corrected chi connectivity index (χ1v) is 8.07. The number of nitro groups is 1. The lowest BCUT2D eigenvalue weighted by Gasteiger charge is -2.19. The van der Waals surface area contributed by atoms with E-state index in [0.717, 1.165) is 0 Å². The van der Waals surface area contributed by atoms with Crippen LogP contribution in [0.5, 0.6) is 5.75 Å². The number of halogens is 1. The van der Waals surface area contributed by atoms with Crippen LogP contribution in [0.1, 0.15) is 5.56 Å². The van der Waals surface area contributed by atoms with E-state index >= 15 is 0 Å². The number of likely N-dealkylation sites (N-methyl/N-ethyl adjacent to an activating group) is 1. The predicted molar refractivity (Wildman–Crippen MR) is 98.3 cm³/mol. The second-order valence-electron chi connectivity index (χ2n) is 5.82. The van der Waals surface area contributed by atoms with Crippen molar-refractivity contribution in [3.8, 4) is 11.8 Å². The fourth-order valence-electron chi connectivity index (χ4n) is 2.55. The molecule has 0 amide bonds. The van der Waals surface area contributed by atoms with Gasteiger partial charge in [-0.15, -0.1) is 0 Å². The number of nitrogens with zero attached hydrogens (tertiary/aromatic N) is 4. The molecule has 0 fully saturated rings. The maximum Gasteiger partial charge on any atom is 0.270 e. The van der Waals surface area contributed by atoms with Gasteiger partial charge in [-0.2, -0.15) is 5.26 Å². The van der Waals surface area contributed by atoms with Crippen LogP contribution in [0.4, 0.5) is 15.9 Å². The predicted octanol–water partition coefficient (Wildman–Crippen LogP) is 3.67. The largest absolute Gasteiger partial charge is 0.492 e. The molecule has 0 N–H and O–H groups in total. The number of hydrogen-bond acceptors (Lipinski definition) is 6. The van der Waals surface area contributed by atoms with E-state index in [2.05, 4.69) is 11.1 Å². The monoisotopic (exact) mass is 366 g/mol. The van der Waals surface area contributed by atoms with Crippen LogP contribution in [0.25, 0.3) is 10.9 Å². The molecule has 0 radical (unpaired) electrons. The Bertz CT molecular complexity index is 1030. The van der Waals surface area contributed by atoms with Crippen LogP contribution in [-0.2, 0) is 0 Å². The summed E-state index contributed by atoms with van der Waals surface area (Å²) in [5.41, 5.74) is 0.723. The van der Waals surface area contributed by atoms with Crippen molar-refractivity contribution in [1.29, 1.82) is 5.26 Å². The Morgan fingerprint density at radius 3 is 2.67 bits per heavy atom. The van der Waals surface area contributed by atoms with E-state index in [1.165, 1.54) is 30.3 Å². The summed E-state index contributed by atoms with van der Waals surface area (Å²) in [5, 5.41) is 20.8. The number of non-ortho nitro benzene ring substituents is 1. The molecule has 3 rings (SSSR count). The number of fused-ring (bicyclic) bond motifs is 1. The van der Waals surface area contributed by atoms with Crippen molar-refractivity contribution in [2.75, 3.05) is 25.1 Å². The summed E-state index contributed by atoms with van der Waals surface area (Å²) in [6.07, 6.45) is 0. The molecule has 2 aromatic carbocycles. The van der Waals surface area contributed by atoms with Crippen molar-refractivity contribution in [2.24, 2.45) is 0 Å². The SMILES string of the molecule is CN(CCOc1ccc(F)cc1)c1cc(C#N)c2cc([N+](=O)[O-])ccc2n1. The van der Waals surface area contributed by atoms with Crippen molar-refractivity contribution in [3.05, 3.63) is 70.0 Å². The summed E-state index contributed by atoms with van der Waals surface area (Å²) in [6.45, 7) is 0.817. The van der Waals surface area contributed by atoms with E-state index in [-0.39, 0.29) is 11.5 Å². The van der Waals surface area contributed by atoms with Crippen LogP contribution in [0, 0.1) is 27.3 Å². The maximum absolute atomic E-state index is 12.9. The molecule has 136 valence electrons. The molecule has 0 aliphatic heterocycles. The third-order valence-corrected chi connectivity index (χ3v) is 4.01. The molecular formula is C19H15FN4O3. The van der Waals surface area contributed by atoms with Gasteiger partial charge in [0.05, 0.1) is 28.6 Å². The van der Waals surface area contributed by atoms with Crippen molar-refractivity contribution in [2.45, 2.75) is 0 Å². The molecule has 0 saturated carbocycles. The Morgan fingerprint density at radius 1 is 1.26 bits per heavy atom. The molecule has 0 atom stereocenters. The van der Waals surface area contributed by atoms with E-state index in [9.17, 15) is 19.8 Å². The number of rotatable bonds is 6. The van der Waals surface area contributed by atoms with Crippen LogP contribution in [0.3, 0.4) is 0 Å². The summed E-state index contributed by atoms with van der Waals surface area (Å²) < 4.78 is 18.5. The topological polar surface area (TPSA) is 92.3 Å². The van der Waals surface area contributed by atoms with Gasteiger partial charge in [-0.05, 0) is 36.4 Å². The highest BCUT2D eigenvalue weighted by molar-refractivity contribution is 5.88. The Balaban J connectivity index is 1.77. The Hall–Kier alpha value is -3.73. The van der Waals surface area contributed by atoms with Crippen LogP contribution in [0.2, 0.25) is 0 Å². The standard InChI is InChI=1S/C19H15FN4O3/c1-23(8-9-27-16-5-2-14(20)3-6-16)19-10-13(12-21)17-11-15(24(25)26)4-7-18(17)22-19/h2-7,10-11H,8-9H2,1H3. The fraction of sp³-hybridized carbons (Fsp3) is 0.158. The zero-order chi connectivity index (χ0) is 19.4. The third-order valence-electron chi connectivity index (χ3n) is 4.01. The summed E-state index contributed by atoms with van der Waals surface area (Å²) in [6, 6.07) is 13.6. The zero-order valence-corrected chi connectivity index (χ0v) is 14.4. The lowest BCUT2D eigenvalue weighted by atomic mass is 10.1.